The molecular formula is C45H57F2N7O7S2. The van der Waals surface area contributed by atoms with E-state index in [4.69, 9.17) is 9.47 Å². The fourth-order valence-electron chi connectivity index (χ4n) is 7.59. The number of morpholine rings is 1. The number of nitrogens with zero attached hydrogens (tertiary/aromatic N) is 4. The predicted molar refractivity (Wildman–Crippen MR) is 238 cm³/mol. The number of carbonyl (C=O) groups is 4. The van der Waals surface area contributed by atoms with Gasteiger partial charge in [0, 0.05) is 50.0 Å². The number of aryl methyl sites for hydroxylation is 1. The lowest BCUT2D eigenvalue weighted by Gasteiger charge is -2.35. The third kappa shape index (κ3) is 12.4. The summed E-state index contributed by atoms with van der Waals surface area (Å²) in [6, 6.07) is 8.08. The molecule has 2 aliphatic heterocycles. The van der Waals surface area contributed by atoms with Crippen LogP contribution in [-0.2, 0) is 23.9 Å². The average Bonchev–Trinajstić information content (AvgIpc) is 4.03. The Morgan fingerprint density at radius 1 is 0.984 bits per heavy atom. The van der Waals surface area contributed by atoms with Crippen molar-refractivity contribution in [2.24, 2.45) is 5.41 Å². The van der Waals surface area contributed by atoms with Crippen LogP contribution in [0.5, 0.6) is 5.75 Å². The van der Waals surface area contributed by atoms with Gasteiger partial charge in [0.2, 0.25) is 23.5 Å². The van der Waals surface area contributed by atoms with E-state index in [1.807, 2.05) is 58.9 Å². The molecule has 14 nitrogen and oxygen atoms in total. The van der Waals surface area contributed by atoms with E-state index >= 15 is 0 Å². The summed E-state index contributed by atoms with van der Waals surface area (Å²) in [5, 5.41) is 21.7. The van der Waals surface area contributed by atoms with Crippen LogP contribution in [0.2, 0.25) is 0 Å². The van der Waals surface area contributed by atoms with Crippen LogP contribution in [-0.4, -0.2) is 108 Å². The number of aliphatic hydroxyl groups excluding tert-OH is 1. The van der Waals surface area contributed by atoms with Gasteiger partial charge in [-0.2, -0.15) is 4.39 Å². The van der Waals surface area contributed by atoms with Gasteiger partial charge in [-0.05, 0) is 55.4 Å². The van der Waals surface area contributed by atoms with E-state index in [-0.39, 0.29) is 48.6 Å². The van der Waals surface area contributed by atoms with Crippen molar-refractivity contribution >= 4 is 51.4 Å². The summed E-state index contributed by atoms with van der Waals surface area (Å²) in [5.41, 5.74) is 4.66. The number of rotatable bonds is 18. The number of likely N-dealkylation sites (tertiary alicyclic amines) is 1. The van der Waals surface area contributed by atoms with Crippen LogP contribution in [0.1, 0.15) is 83.5 Å². The highest BCUT2D eigenvalue weighted by Crippen LogP contribution is 2.37. The fraction of sp³-hybridized carbons (Fsp3) is 0.511. The lowest BCUT2D eigenvalue weighted by molar-refractivity contribution is -0.144. The number of unbranched alkanes of at least 4 members (excludes halogenated alkanes) is 3. The minimum absolute atomic E-state index is 0.0227. The number of hydrogen-bond donors (Lipinski definition) is 4. The number of carbonyl (C=O) groups excluding carboxylic acids is 4. The molecule has 340 valence electrons. The zero-order valence-corrected chi connectivity index (χ0v) is 38.0. The molecule has 1 unspecified atom stereocenters. The Balaban J connectivity index is 0.919. The summed E-state index contributed by atoms with van der Waals surface area (Å²) in [7, 11) is 0. The van der Waals surface area contributed by atoms with Crippen molar-refractivity contribution in [1.82, 2.24) is 30.8 Å². The first-order valence-corrected chi connectivity index (χ1v) is 23.1. The molecule has 0 bridgehead atoms. The Hall–Kier alpha value is -5.04. The number of halogens is 2. The van der Waals surface area contributed by atoms with Gasteiger partial charge in [-0.3, -0.25) is 19.2 Å². The third-order valence-electron chi connectivity index (χ3n) is 11.2. The summed E-state index contributed by atoms with van der Waals surface area (Å²) in [4.78, 5) is 66.9. The van der Waals surface area contributed by atoms with Crippen molar-refractivity contribution in [3.8, 4) is 27.4 Å². The van der Waals surface area contributed by atoms with Gasteiger partial charge in [0.25, 0.3) is 5.91 Å². The summed E-state index contributed by atoms with van der Waals surface area (Å²) < 4.78 is 40.1. The molecule has 2 saturated heterocycles. The molecule has 2 aromatic carbocycles. The Morgan fingerprint density at radius 3 is 2.41 bits per heavy atom. The smallest absolute Gasteiger partial charge is 0.257 e. The first kappa shape index (κ1) is 47.4. The molecular weight excluding hydrogens is 853 g/mol. The number of thiazole rings is 2. The third-order valence-corrected chi connectivity index (χ3v) is 13.0. The molecule has 2 fully saturated rings. The number of ether oxygens (including phenoxy) is 2. The Kier molecular flexibility index (Phi) is 16.2. The van der Waals surface area contributed by atoms with Gasteiger partial charge in [-0.15, -0.1) is 22.7 Å². The number of hydrogen-bond acceptors (Lipinski definition) is 12. The molecule has 0 saturated carbocycles. The van der Waals surface area contributed by atoms with Crippen molar-refractivity contribution in [2.75, 3.05) is 50.9 Å². The van der Waals surface area contributed by atoms with Crippen LogP contribution in [0.3, 0.4) is 0 Å². The van der Waals surface area contributed by atoms with Crippen LogP contribution in [0, 0.1) is 24.0 Å². The molecule has 4 atom stereocenters. The molecule has 4 heterocycles. The minimum Gasteiger partial charge on any atom is -0.480 e. The number of amides is 4. The van der Waals surface area contributed by atoms with E-state index < -0.39 is 53.7 Å². The molecule has 2 aliphatic rings. The number of benzene rings is 2. The van der Waals surface area contributed by atoms with Crippen LogP contribution in [0.15, 0.2) is 47.3 Å². The second-order valence-electron chi connectivity index (χ2n) is 17.0. The van der Waals surface area contributed by atoms with Gasteiger partial charge in [0.15, 0.2) is 23.3 Å². The molecule has 0 spiro atoms. The van der Waals surface area contributed by atoms with Crippen LogP contribution in [0.4, 0.5) is 13.9 Å². The van der Waals surface area contributed by atoms with Gasteiger partial charge in [0.1, 0.15) is 12.1 Å². The molecule has 0 aliphatic carbocycles. The van der Waals surface area contributed by atoms with Gasteiger partial charge < -0.3 is 40.3 Å². The Morgan fingerprint density at radius 2 is 1.71 bits per heavy atom. The van der Waals surface area contributed by atoms with Crippen molar-refractivity contribution in [2.45, 2.75) is 97.4 Å². The van der Waals surface area contributed by atoms with Gasteiger partial charge >= 0.3 is 0 Å². The first-order valence-electron chi connectivity index (χ1n) is 21.4. The molecule has 4 aromatic rings. The topological polar surface area (TPSA) is 175 Å². The number of β-amino-alcohol motifs (C(OH)–C–C–N with tert-alkyl or cyclic N) is 1. The van der Waals surface area contributed by atoms with Crippen molar-refractivity contribution in [1.29, 1.82) is 0 Å². The maximum Gasteiger partial charge on any atom is 0.257 e. The number of nitrogens with one attached hydrogen (secondary N) is 3. The highest BCUT2D eigenvalue weighted by molar-refractivity contribution is 7.14. The average molecular weight is 910 g/mol. The zero-order valence-electron chi connectivity index (χ0n) is 36.4. The van der Waals surface area contributed by atoms with Crippen molar-refractivity contribution in [3.63, 3.8) is 0 Å². The Labute approximate surface area is 374 Å². The maximum absolute atomic E-state index is 14.9. The molecule has 0 radical (unpaired) electrons. The second-order valence-corrected chi connectivity index (χ2v) is 18.7. The second kappa shape index (κ2) is 21.6. The molecule has 4 N–H and O–H groups in total. The molecule has 63 heavy (non-hydrogen) atoms. The lowest BCUT2D eigenvalue weighted by Crippen LogP contribution is -2.57. The number of aromatic nitrogens is 2. The van der Waals surface area contributed by atoms with Crippen molar-refractivity contribution in [3.05, 3.63) is 70.2 Å². The lowest BCUT2D eigenvalue weighted by atomic mass is 9.85. The SMILES string of the molecule is Cc1ncsc1-c1ccc(C(C)NC(=O)[C@@H]2C[C@@H](O)CN2C(=O)[C@@H](NC(=O)CCCCCCNC(=O)COc2c(-c3csc(N4CCOCC4)n3)ccc(F)c2F)C(C)(C)C)cc1. The van der Waals surface area contributed by atoms with Crippen molar-refractivity contribution < 1.29 is 42.5 Å². The van der Waals surface area contributed by atoms with E-state index in [9.17, 15) is 33.1 Å². The predicted octanol–water partition coefficient (Wildman–Crippen LogP) is 6.17. The highest BCUT2D eigenvalue weighted by Gasteiger charge is 2.44. The van der Waals surface area contributed by atoms with Gasteiger partial charge in [-0.1, -0.05) is 57.9 Å². The maximum atomic E-state index is 14.9. The molecule has 18 heteroatoms. The monoisotopic (exact) mass is 909 g/mol. The van der Waals surface area contributed by atoms with Crippen LogP contribution in [0.25, 0.3) is 21.7 Å². The fourth-order valence-corrected chi connectivity index (χ4v) is 9.28. The summed E-state index contributed by atoms with van der Waals surface area (Å²) in [6.45, 7) is 11.6. The van der Waals surface area contributed by atoms with E-state index in [1.165, 1.54) is 22.3 Å². The van der Waals surface area contributed by atoms with E-state index in [0.29, 0.717) is 64.2 Å². The van der Waals surface area contributed by atoms with Gasteiger partial charge in [0.05, 0.1) is 47.1 Å². The van der Waals surface area contributed by atoms with E-state index in [2.05, 4.69) is 30.8 Å². The summed E-state index contributed by atoms with van der Waals surface area (Å²) in [6.07, 6.45) is 1.89. The summed E-state index contributed by atoms with van der Waals surface area (Å²) in [5.74, 6) is -4.29. The minimum atomic E-state index is -1.20. The zero-order chi connectivity index (χ0) is 45.3. The molecule has 4 amide bonds. The summed E-state index contributed by atoms with van der Waals surface area (Å²) >= 11 is 2.94. The standard InChI is InChI=1S/C45H57F2N7O7S2/c1-27(29-11-13-30(14-12-29)40-28(2)49-26-63-40)50-42(58)35-22-31(55)23-54(35)43(59)41(45(3,4)5)52-36(56)10-8-6-7-9-17-48-37(57)24-61-39-32(15-16-33(46)38(39)47)34-25-62-44(51-34)53-18-20-60-21-19-53/h11-16,25-27,31,35,41,55H,6-10,17-24H2,1-5H3,(H,48,57)(H,50,58)(H,52,56)/t27?,31-,35+,41-/m1/s1. The quantitative estimate of drug-likeness (QED) is 0.0846. The Bertz CT molecular complexity index is 2210. The van der Waals surface area contributed by atoms with E-state index in [0.717, 1.165) is 32.9 Å². The molecule has 6 rings (SSSR count). The van der Waals surface area contributed by atoms with Crippen LogP contribution >= 0.6 is 22.7 Å². The normalized spacial score (nSPS) is 17.6. The largest absolute Gasteiger partial charge is 0.480 e. The molecule has 2 aromatic heterocycles. The first-order chi connectivity index (χ1) is 30.1. The number of aliphatic hydroxyl groups is 1. The highest BCUT2D eigenvalue weighted by atomic mass is 32.1. The van der Waals surface area contributed by atoms with E-state index in [1.54, 1.807) is 22.2 Å². The van der Waals surface area contributed by atoms with Gasteiger partial charge in [-0.25, -0.2) is 14.4 Å². The number of anilines is 1. The van der Waals surface area contributed by atoms with Crippen LogP contribution < -0.4 is 25.6 Å².